The van der Waals surface area contributed by atoms with E-state index in [0.29, 0.717) is 29.4 Å². The fourth-order valence-electron chi connectivity index (χ4n) is 3.68. The first kappa shape index (κ1) is 22.6. The molecule has 1 amide bonds. The minimum Gasteiger partial charge on any atom is -0.352 e. The minimum atomic E-state index is -4.45. The average Bonchev–Trinajstić information content (AvgIpc) is 3.26. The molecule has 1 fully saturated rings. The molecule has 3 aromatic rings. The van der Waals surface area contributed by atoms with Crippen molar-refractivity contribution in [3.8, 4) is 0 Å². The van der Waals surface area contributed by atoms with Gasteiger partial charge in [-0.1, -0.05) is 18.2 Å². The number of fused-ring (bicyclic) bond motifs is 1. The van der Waals surface area contributed by atoms with E-state index in [1.807, 2.05) is 0 Å². The van der Waals surface area contributed by atoms with Crippen LogP contribution < -0.4 is 5.32 Å². The number of carbonyl (C=O) groups excluding carboxylic acids is 1. The summed E-state index contributed by atoms with van der Waals surface area (Å²) in [6.45, 7) is 0.302. The van der Waals surface area contributed by atoms with Gasteiger partial charge in [0.2, 0.25) is 15.9 Å². The first-order valence-corrected chi connectivity index (χ1v) is 12.0. The summed E-state index contributed by atoms with van der Waals surface area (Å²) < 4.78 is 74.1. The number of hydrogen-bond acceptors (Lipinski definition) is 6. The lowest BCUT2D eigenvalue weighted by Crippen LogP contribution is -2.42. The summed E-state index contributed by atoms with van der Waals surface area (Å²) in [7, 11) is -3.78. The maximum atomic E-state index is 13.1. The van der Waals surface area contributed by atoms with Crippen molar-refractivity contribution in [3.63, 3.8) is 0 Å². The zero-order chi connectivity index (χ0) is 22.9. The summed E-state index contributed by atoms with van der Waals surface area (Å²) in [6.07, 6.45) is -3.81. The Bertz CT molecular complexity index is 1240. The topological polar surface area (TPSA) is 92.3 Å². The van der Waals surface area contributed by atoms with Crippen molar-refractivity contribution in [2.75, 3.05) is 13.1 Å². The summed E-state index contributed by atoms with van der Waals surface area (Å²) in [5, 5.41) is 2.66. The third kappa shape index (κ3) is 4.62. The predicted molar refractivity (Wildman–Crippen MR) is 112 cm³/mol. The van der Waals surface area contributed by atoms with Crippen LogP contribution in [0.5, 0.6) is 0 Å². The molecule has 1 aromatic heterocycles. The van der Waals surface area contributed by atoms with Crippen molar-refractivity contribution >= 4 is 38.7 Å². The largest absolute Gasteiger partial charge is 0.416 e. The highest BCUT2D eigenvalue weighted by Crippen LogP contribution is 2.30. The van der Waals surface area contributed by atoms with Crippen LogP contribution in [-0.4, -0.2) is 40.5 Å². The normalized spacial score (nSPS) is 16.3. The van der Waals surface area contributed by atoms with Gasteiger partial charge in [0.1, 0.15) is 15.9 Å². The van der Waals surface area contributed by atoms with Gasteiger partial charge in [0.25, 0.3) is 0 Å². The SMILES string of the molecule is O=C(NCc1cccc(C(F)(F)F)c1)C1CCN(S(=O)(=O)c2cccc3nsnc23)CC1. The van der Waals surface area contributed by atoms with E-state index in [0.717, 1.165) is 23.9 Å². The van der Waals surface area contributed by atoms with E-state index < -0.39 is 27.7 Å². The molecular formula is C20H19F3N4O3S2. The molecule has 12 heteroatoms. The Morgan fingerprint density at radius 3 is 2.56 bits per heavy atom. The highest BCUT2D eigenvalue weighted by Gasteiger charge is 2.34. The third-order valence-electron chi connectivity index (χ3n) is 5.41. The molecular weight excluding hydrogens is 465 g/mol. The Morgan fingerprint density at radius 1 is 1.12 bits per heavy atom. The maximum absolute atomic E-state index is 13.1. The van der Waals surface area contributed by atoms with Gasteiger partial charge in [0.05, 0.1) is 17.3 Å². The average molecular weight is 485 g/mol. The molecule has 1 saturated heterocycles. The second-order valence-electron chi connectivity index (χ2n) is 7.48. The van der Waals surface area contributed by atoms with E-state index >= 15 is 0 Å². The third-order valence-corrected chi connectivity index (χ3v) is 7.89. The number of nitrogens with one attached hydrogen (secondary N) is 1. The number of rotatable bonds is 5. The molecule has 2 aromatic carbocycles. The van der Waals surface area contributed by atoms with Crippen molar-refractivity contribution in [1.82, 2.24) is 18.4 Å². The van der Waals surface area contributed by atoms with Gasteiger partial charge in [0.15, 0.2) is 0 Å². The molecule has 0 spiro atoms. The van der Waals surface area contributed by atoms with Crippen molar-refractivity contribution in [2.24, 2.45) is 5.92 Å². The fraction of sp³-hybridized carbons (Fsp3) is 0.350. The molecule has 0 radical (unpaired) electrons. The maximum Gasteiger partial charge on any atom is 0.416 e. The van der Waals surface area contributed by atoms with Gasteiger partial charge >= 0.3 is 6.18 Å². The van der Waals surface area contributed by atoms with E-state index in [2.05, 4.69) is 14.1 Å². The predicted octanol–water partition coefficient (Wildman–Crippen LogP) is 3.43. The molecule has 2 heterocycles. The van der Waals surface area contributed by atoms with Crippen molar-refractivity contribution < 1.29 is 26.4 Å². The lowest BCUT2D eigenvalue weighted by atomic mass is 9.97. The number of sulfonamides is 1. The summed E-state index contributed by atoms with van der Waals surface area (Å²) >= 11 is 0.942. The first-order valence-electron chi connectivity index (χ1n) is 9.81. The highest BCUT2D eigenvalue weighted by molar-refractivity contribution is 7.89. The van der Waals surface area contributed by atoms with Gasteiger partial charge in [0, 0.05) is 25.6 Å². The van der Waals surface area contributed by atoms with Crippen molar-refractivity contribution in [2.45, 2.75) is 30.5 Å². The molecule has 0 atom stereocenters. The Hall–Kier alpha value is -2.57. The summed E-state index contributed by atoms with van der Waals surface area (Å²) in [5.41, 5.74) is 0.421. The molecule has 0 bridgehead atoms. The molecule has 0 unspecified atom stereocenters. The second-order valence-corrected chi connectivity index (χ2v) is 9.92. The lowest BCUT2D eigenvalue weighted by molar-refractivity contribution is -0.137. The van der Waals surface area contributed by atoms with Crippen LogP contribution in [0, 0.1) is 5.92 Å². The molecule has 4 rings (SSSR count). The Balaban J connectivity index is 1.36. The minimum absolute atomic E-state index is 0.0277. The molecule has 1 aliphatic rings. The lowest BCUT2D eigenvalue weighted by Gasteiger charge is -2.30. The zero-order valence-corrected chi connectivity index (χ0v) is 18.3. The number of alkyl halides is 3. The zero-order valence-electron chi connectivity index (χ0n) is 16.7. The summed E-state index contributed by atoms with van der Waals surface area (Å²) in [6, 6.07) is 9.59. The van der Waals surface area contributed by atoms with Crippen LogP contribution in [-0.2, 0) is 27.5 Å². The molecule has 0 saturated carbocycles. The van der Waals surface area contributed by atoms with E-state index in [4.69, 9.17) is 0 Å². The smallest absolute Gasteiger partial charge is 0.352 e. The second kappa shape index (κ2) is 8.75. The molecule has 32 heavy (non-hydrogen) atoms. The van der Waals surface area contributed by atoms with Gasteiger partial charge in [-0.3, -0.25) is 4.79 Å². The van der Waals surface area contributed by atoms with Crippen molar-refractivity contribution in [1.29, 1.82) is 0 Å². The van der Waals surface area contributed by atoms with E-state index in [1.54, 1.807) is 12.1 Å². The van der Waals surface area contributed by atoms with Gasteiger partial charge in [-0.25, -0.2) is 8.42 Å². The van der Waals surface area contributed by atoms with Gasteiger partial charge in [-0.2, -0.15) is 26.2 Å². The number of aromatic nitrogens is 2. The standard InChI is InChI=1S/C20H19F3N4O3S2/c21-20(22,23)15-4-1-3-13(11-15)12-24-19(28)14-7-9-27(10-8-14)32(29,30)17-6-2-5-16-18(17)26-31-25-16/h1-6,11,14H,7-10,12H2,(H,24,28). The van der Waals surface area contributed by atoms with Gasteiger partial charge < -0.3 is 5.32 Å². The number of nitrogens with zero attached hydrogens (tertiary/aromatic N) is 3. The van der Waals surface area contributed by atoms with Crippen LogP contribution in [0.25, 0.3) is 11.0 Å². The number of carbonyl (C=O) groups is 1. The van der Waals surface area contributed by atoms with Crippen LogP contribution >= 0.6 is 11.7 Å². The molecule has 170 valence electrons. The van der Waals surface area contributed by atoms with Crippen LogP contribution in [0.2, 0.25) is 0 Å². The van der Waals surface area contributed by atoms with Crippen LogP contribution in [0.15, 0.2) is 47.4 Å². The number of hydrogen-bond donors (Lipinski definition) is 1. The number of amides is 1. The first-order chi connectivity index (χ1) is 15.2. The van der Waals surface area contributed by atoms with Crippen LogP contribution in [0.1, 0.15) is 24.0 Å². The Kier molecular flexibility index (Phi) is 6.19. The monoisotopic (exact) mass is 484 g/mol. The van der Waals surface area contributed by atoms with E-state index in [-0.39, 0.29) is 30.4 Å². The van der Waals surface area contributed by atoms with Gasteiger partial charge in [-0.05, 0) is 42.7 Å². The molecule has 1 aliphatic heterocycles. The fourth-order valence-corrected chi connectivity index (χ4v) is 5.90. The van der Waals surface area contributed by atoms with Crippen LogP contribution in [0.3, 0.4) is 0 Å². The quantitative estimate of drug-likeness (QED) is 0.599. The Morgan fingerprint density at radius 2 is 1.84 bits per heavy atom. The van der Waals surface area contributed by atoms with Crippen molar-refractivity contribution in [3.05, 3.63) is 53.6 Å². The molecule has 0 aliphatic carbocycles. The molecule has 7 nitrogen and oxygen atoms in total. The summed E-state index contributed by atoms with van der Waals surface area (Å²) in [4.78, 5) is 12.6. The number of piperidine rings is 1. The number of halogens is 3. The molecule has 1 N–H and O–H groups in total. The van der Waals surface area contributed by atoms with E-state index in [9.17, 15) is 26.4 Å². The van der Waals surface area contributed by atoms with E-state index in [1.165, 1.54) is 22.5 Å². The highest BCUT2D eigenvalue weighted by atomic mass is 32.2. The van der Waals surface area contributed by atoms with Crippen LogP contribution in [0.4, 0.5) is 13.2 Å². The van der Waals surface area contributed by atoms with Gasteiger partial charge in [-0.15, -0.1) is 0 Å². The summed E-state index contributed by atoms with van der Waals surface area (Å²) in [5.74, 6) is -0.714. The Labute approximate surface area is 186 Å². The number of benzene rings is 2.